The summed E-state index contributed by atoms with van der Waals surface area (Å²) in [6, 6.07) is 0.388. The Balaban J connectivity index is 1.76. The van der Waals surface area contributed by atoms with E-state index in [0.717, 1.165) is 19.4 Å². The molecule has 108 valence electrons. The molecule has 2 atom stereocenters. The highest BCUT2D eigenvalue weighted by Gasteiger charge is 2.23. The fourth-order valence-electron chi connectivity index (χ4n) is 2.90. The van der Waals surface area contributed by atoms with Crippen LogP contribution in [-0.2, 0) is 0 Å². The number of aliphatic hydroxyl groups excluding tert-OH is 1. The van der Waals surface area contributed by atoms with Gasteiger partial charge in [0.05, 0.1) is 6.10 Å². The van der Waals surface area contributed by atoms with Crippen molar-refractivity contribution in [2.75, 3.05) is 6.54 Å². The molecule has 0 radical (unpaired) electrons. The molecule has 1 rings (SSSR count). The average Bonchev–Trinajstić information content (AvgIpc) is 2.77. The molecular weight excluding hydrogens is 222 g/mol. The molecule has 2 unspecified atom stereocenters. The second kappa shape index (κ2) is 10.8. The van der Waals surface area contributed by atoms with Gasteiger partial charge in [0.25, 0.3) is 0 Å². The standard InChI is InChI=1S/C16H33NO/c1-2-3-4-5-6-7-8-9-10-11-12-15-16(18)13-14-17-15/h15-18H,2-14H2,1H3. The zero-order valence-corrected chi connectivity index (χ0v) is 12.3. The molecule has 1 saturated heterocycles. The molecule has 1 heterocycles. The minimum absolute atomic E-state index is 0.0800. The van der Waals surface area contributed by atoms with Gasteiger partial charge < -0.3 is 10.4 Å². The molecule has 0 amide bonds. The van der Waals surface area contributed by atoms with Crippen LogP contribution in [-0.4, -0.2) is 23.8 Å². The molecule has 18 heavy (non-hydrogen) atoms. The summed E-state index contributed by atoms with van der Waals surface area (Å²) in [5, 5.41) is 13.1. The topological polar surface area (TPSA) is 32.3 Å². The van der Waals surface area contributed by atoms with Gasteiger partial charge in [-0.05, 0) is 19.4 Å². The van der Waals surface area contributed by atoms with Gasteiger partial charge in [-0.3, -0.25) is 0 Å². The number of rotatable bonds is 11. The Hall–Kier alpha value is -0.0800. The molecule has 0 spiro atoms. The largest absolute Gasteiger partial charge is 0.391 e. The lowest BCUT2D eigenvalue weighted by Gasteiger charge is -2.14. The molecular formula is C16H33NO. The predicted octanol–water partition coefficient (Wildman–Crippen LogP) is 4.02. The average molecular weight is 255 g/mol. The van der Waals surface area contributed by atoms with E-state index >= 15 is 0 Å². The number of nitrogens with one attached hydrogen (secondary N) is 1. The second-order valence-corrected chi connectivity index (χ2v) is 5.89. The van der Waals surface area contributed by atoms with Crippen molar-refractivity contribution < 1.29 is 5.11 Å². The van der Waals surface area contributed by atoms with Crippen molar-refractivity contribution >= 4 is 0 Å². The first-order valence-corrected chi connectivity index (χ1v) is 8.26. The smallest absolute Gasteiger partial charge is 0.0705 e. The fourth-order valence-corrected chi connectivity index (χ4v) is 2.90. The molecule has 0 aromatic carbocycles. The van der Waals surface area contributed by atoms with Crippen molar-refractivity contribution in [3.05, 3.63) is 0 Å². The predicted molar refractivity (Wildman–Crippen MR) is 78.9 cm³/mol. The molecule has 0 aliphatic carbocycles. The summed E-state index contributed by atoms with van der Waals surface area (Å²) in [4.78, 5) is 0. The minimum Gasteiger partial charge on any atom is -0.391 e. The Bertz CT molecular complexity index is 184. The molecule has 0 aromatic rings. The third-order valence-corrected chi connectivity index (χ3v) is 4.18. The quantitative estimate of drug-likeness (QED) is 0.547. The van der Waals surface area contributed by atoms with Gasteiger partial charge in [-0.15, -0.1) is 0 Å². The maximum Gasteiger partial charge on any atom is 0.0705 e. The van der Waals surface area contributed by atoms with Crippen LogP contribution in [0.2, 0.25) is 0 Å². The number of hydrogen-bond acceptors (Lipinski definition) is 2. The first-order valence-electron chi connectivity index (χ1n) is 8.26. The molecule has 2 heteroatoms. The van der Waals surface area contributed by atoms with Crippen LogP contribution in [0.1, 0.15) is 84.0 Å². The van der Waals surface area contributed by atoms with Crippen LogP contribution in [0.5, 0.6) is 0 Å². The van der Waals surface area contributed by atoms with Crippen LogP contribution in [0, 0.1) is 0 Å². The van der Waals surface area contributed by atoms with Gasteiger partial charge in [0.15, 0.2) is 0 Å². The Labute approximate surface area is 114 Å². The van der Waals surface area contributed by atoms with Crippen molar-refractivity contribution in [3.8, 4) is 0 Å². The molecule has 0 aromatic heterocycles. The SMILES string of the molecule is CCCCCCCCCCCCC1NCCC1O. The van der Waals surface area contributed by atoms with Crippen molar-refractivity contribution in [2.24, 2.45) is 0 Å². The third kappa shape index (κ3) is 7.38. The van der Waals surface area contributed by atoms with Gasteiger partial charge in [0.2, 0.25) is 0 Å². The Morgan fingerprint density at radius 2 is 1.44 bits per heavy atom. The minimum atomic E-state index is -0.0800. The zero-order valence-electron chi connectivity index (χ0n) is 12.3. The first kappa shape index (κ1) is 16.0. The normalized spacial score (nSPS) is 23.7. The van der Waals surface area contributed by atoms with Crippen LogP contribution in [0.25, 0.3) is 0 Å². The molecule has 2 nitrogen and oxygen atoms in total. The number of aliphatic hydroxyl groups is 1. The first-order chi connectivity index (χ1) is 8.84. The van der Waals surface area contributed by atoms with E-state index in [1.165, 1.54) is 64.2 Å². The lowest BCUT2D eigenvalue weighted by molar-refractivity contribution is 0.154. The summed E-state index contributed by atoms with van der Waals surface area (Å²) in [6.07, 6.45) is 15.9. The second-order valence-electron chi connectivity index (χ2n) is 5.89. The van der Waals surface area contributed by atoms with Gasteiger partial charge in [0.1, 0.15) is 0 Å². The van der Waals surface area contributed by atoms with Crippen molar-refractivity contribution in [2.45, 2.75) is 96.1 Å². The van der Waals surface area contributed by atoms with Gasteiger partial charge in [-0.25, -0.2) is 0 Å². The van der Waals surface area contributed by atoms with Crippen LogP contribution >= 0.6 is 0 Å². The van der Waals surface area contributed by atoms with Gasteiger partial charge >= 0.3 is 0 Å². The van der Waals surface area contributed by atoms with Crippen molar-refractivity contribution in [1.29, 1.82) is 0 Å². The van der Waals surface area contributed by atoms with Crippen molar-refractivity contribution in [3.63, 3.8) is 0 Å². The lowest BCUT2D eigenvalue weighted by atomic mass is 10.0. The van der Waals surface area contributed by atoms with E-state index in [-0.39, 0.29) is 6.10 Å². The fraction of sp³-hybridized carbons (Fsp3) is 1.00. The van der Waals surface area contributed by atoms with Gasteiger partial charge in [0, 0.05) is 6.04 Å². The molecule has 0 saturated carbocycles. The maximum absolute atomic E-state index is 9.67. The summed E-state index contributed by atoms with van der Waals surface area (Å²) in [5.74, 6) is 0. The molecule has 1 aliphatic heterocycles. The van der Waals surface area contributed by atoms with Gasteiger partial charge in [-0.1, -0.05) is 71.1 Å². The summed E-state index contributed by atoms with van der Waals surface area (Å²) in [7, 11) is 0. The highest BCUT2D eigenvalue weighted by molar-refractivity contribution is 4.82. The van der Waals surface area contributed by atoms with E-state index in [1.807, 2.05) is 0 Å². The van der Waals surface area contributed by atoms with E-state index < -0.39 is 0 Å². The van der Waals surface area contributed by atoms with Crippen LogP contribution in [0.3, 0.4) is 0 Å². The molecule has 1 aliphatic rings. The summed E-state index contributed by atoms with van der Waals surface area (Å²) >= 11 is 0. The van der Waals surface area contributed by atoms with E-state index in [2.05, 4.69) is 12.2 Å². The summed E-state index contributed by atoms with van der Waals surface area (Å²) < 4.78 is 0. The Kier molecular flexibility index (Phi) is 9.59. The van der Waals surface area contributed by atoms with E-state index in [1.54, 1.807) is 0 Å². The third-order valence-electron chi connectivity index (χ3n) is 4.18. The summed E-state index contributed by atoms with van der Waals surface area (Å²) in [5.41, 5.74) is 0. The van der Waals surface area contributed by atoms with E-state index in [9.17, 15) is 5.11 Å². The lowest BCUT2D eigenvalue weighted by Crippen LogP contribution is -2.29. The maximum atomic E-state index is 9.67. The number of hydrogen-bond donors (Lipinski definition) is 2. The van der Waals surface area contributed by atoms with E-state index in [0.29, 0.717) is 6.04 Å². The molecule has 2 N–H and O–H groups in total. The van der Waals surface area contributed by atoms with E-state index in [4.69, 9.17) is 0 Å². The highest BCUT2D eigenvalue weighted by Crippen LogP contribution is 2.15. The summed E-state index contributed by atoms with van der Waals surface area (Å²) in [6.45, 7) is 3.28. The molecule has 0 bridgehead atoms. The molecule has 1 fully saturated rings. The highest BCUT2D eigenvalue weighted by atomic mass is 16.3. The monoisotopic (exact) mass is 255 g/mol. The Morgan fingerprint density at radius 1 is 0.889 bits per heavy atom. The zero-order chi connectivity index (χ0) is 13.1. The van der Waals surface area contributed by atoms with Gasteiger partial charge in [-0.2, -0.15) is 0 Å². The van der Waals surface area contributed by atoms with Crippen LogP contribution in [0.15, 0.2) is 0 Å². The van der Waals surface area contributed by atoms with Crippen molar-refractivity contribution in [1.82, 2.24) is 5.32 Å². The number of unbranched alkanes of at least 4 members (excludes halogenated alkanes) is 9. The van der Waals surface area contributed by atoms with Crippen LogP contribution in [0.4, 0.5) is 0 Å². The Morgan fingerprint density at radius 3 is 1.94 bits per heavy atom. The van der Waals surface area contributed by atoms with Crippen LogP contribution < -0.4 is 5.32 Å².